The van der Waals surface area contributed by atoms with Gasteiger partial charge in [-0.25, -0.2) is 4.79 Å². The summed E-state index contributed by atoms with van der Waals surface area (Å²) in [6, 6.07) is 13.8. The molecule has 0 fully saturated rings. The number of nitrogens with one attached hydrogen (secondary N) is 2. The molecule has 232 valence electrons. The Morgan fingerprint density at radius 3 is 2.12 bits per heavy atom. The first-order chi connectivity index (χ1) is 19.6. The number of alkyl carbamates (subject to hydrolysis) is 1. The highest BCUT2D eigenvalue weighted by Crippen LogP contribution is 2.28. The summed E-state index contributed by atoms with van der Waals surface area (Å²) in [7, 11) is 0. The Hall–Kier alpha value is -3.35. The number of nitrogens with zero attached hydrogens (tertiary/aromatic N) is 1. The van der Waals surface area contributed by atoms with Crippen molar-refractivity contribution in [3.05, 3.63) is 70.8 Å². The van der Waals surface area contributed by atoms with E-state index in [-0.39, 0.29) is 18.2 Å². The minimum atomic E-state index is -0.923. The van der Waals surface area contributed by atoms with Crippen LogP contribution in [0, 0.1) is 13.8 Å². The Morgan fingerprint density at radius 1 is 0.881 bits per heavy atom. The fraction of sp³-hybridized carbons (Fsp3) is 0.571. The van der Waals surface area contributed by atoms with E-state index < -0.39 is 29.3 Å². The summed E-state index contributed by atoms with van der Waals surface area (Å²) in [5.41, 5.74) is 2.40. The molecule has 2 atom stereocenters. The average molecular weight is 580 g/mol. The fourth-order valence-electron chi connectivity index (χ4n) is 4.90. The fourth-order valence-corrected chi connectivity index (χ4v) is 4.90. The molecule has 0 saturated heterocycles. The number of amides is 3. The summed E-state index contributed by atoms with van der Waals surface area (Å²) in [6.45, 7) is 17.7. The molecule has 0 aliphatic heterocycles. The van der Waals surface area contributed by atoms with E-state index in [1.807, 2.05) is 83.1 Å². The second kappa shape index (κ2) is 15.8. The van der Waals surface area contributed by atoms with Crippen LogP contribution in [0.2, 0.25) is 0 Å². The lowest BCUT2D eigenvalue weighted by Gasteiger charge is -2.37. The van der Waals surface area contributed by atoms with Crippen molar-refractivity contribution in [2.24, 2.45) is 0 Å². The van der Waals surface area contributed by atoms with Crippen molar-refractivity contribution in [2.45, 2.75) is 124 Å². The normalized spacial score (nSPS) is 13.2. The molecule has 2 aromatic rings. The summed E-state index contributed by atoms with van der Waals surface area (Å²) >= 11 is 0. The van der Waals surface area contributed by atoms with Crippen LogP contribution in [0.1, 0.15) is 109 Å². The van der Waals surface area contributed by atoms with Gasteiger partial charge in [-0.15, -0.1) is 0 Å². The van der Waals surface area contributed by atoms with Gasteiger partial charge in [0.05, 0.1) is 0 Å². The van der Waals surface area contributed by atoms with Crippen molar-refractivity contribution in [1.82, 2.24) is 15.5 Å². The number of hydrogen-bond donors (Lipinski definition) is 2. The molecule has 2 rings (SSSR count). The molecule has 0 aliphatic carbocycles. The van der Waals surface area contributed by atoms with Gasteiger partial charge < -0.3 is 20.3 Å². The van der Waals surface area contributed by atoms with Crippen LogP contribution in [-0.4, -0.2) is 46.5 Å². The number of benzene rings is 2. The van der Waals surface area contributed by atoms with Crippen LogP contribution in [0.4, 0.5) is 4.79 Å². The van der Waals surface area contributed by atoms with Gasteiger partial charge in [-0.1, -0.05) is 86.7 Å². The van der Waals surface area contributed by atoms with Crippen LogP contribution in [0.15, 0.2) is 48.5 Å². The Balaban J connectivity index is 2.61. The first kappa shape index (κ1) is 34.8. The van der Waals surface area contributed by atoms with Crippen molar-refractivity contribution in [1.29, 1.82) is 0 Å². The van der Waals surface area contributed by atoms with E-state index in [1.165, 1.54) is 0 Å². The second-order valence-electron chi connectivity index (χ2n) is 13.3. The van der Waals surface area contributed by atoms with E-state index in [1.54, 1.807) is 25.7 Å². The highest BCUT2D eigenvalue weighted by molar-refractivity contribution is 5.92. The van der Waals surface area contributed by atoms with Crippen LogP contribution in [0.3, 0.4) is 0 Å². The number of aryl methyl sites for hydroxylation is 2. The zero-order valence-corrected chi connectivity index (χ0v) is 27.3. The highest BCUT2D eigenvalue weighted by Gasteiger charge is 2.38. The maximum Gasteiger partial charge on any atom is 0.408 e. The van der Waals surface area contributed by atoms with E-state index in [2.05, 4.69) is 17.6 Å². The Bertz CT molecular complexity index is 1160. The van der Waals surface area contributed by atoms with Crippen LogP contribution < -0.4 is 10.6 Å². The van der Waals surface area contributed by atoms with Gasteiger partial charge in [-0.3, -0.25) is 9.59 Å². The molecule has 7 nitrogen and oxygen atoms in total. The van der Waals surface area contributed by atoms with Crippen LogP contribution in [-0.2, 0) is 20.7 Å². The molecule has 0 aliphatic rings. The van der Waals surface area contributed by atoms with Gasteiger partial charge in [0, 0.05) is 18.5 Å². The standard InChI is InChI=1S/C35H53N3O4/c1-10-11-12-13-17-22-38(30(31(39)37-34(4,5)6)28-23-25(2)20-21-26(28)3)32(40)29(24-27-18-15-14-16-19-27)36-33(41)42-35(7,8)9/h14-16,18-21,23,29-30H,10-13,17,22,24H2,1-9H3,(H,36,41)(H,37,39). The molecular weight excluding hydrogens is 526 g/mol. The number of carbonyl (C=O) groups is 3. The van der Waals surface area contributed by atoms with Crippen LogP contribution in [0.25, 0.3) is 0 Å². The molecule has 2 aromatic carbocycles. The molecule has 0 spiro atoms. The Kier molecular flexibility index (Phi) is 13.1. The second-order valence-corrected chi connectivity index (χ2v) is 13.3. The first-order valence-corrected chi connectivity index (χ1v) is 15.3. The molecule has 0 aromatic heterocycles. The molecule has 0 radical (unpaired) electrons. The molecule has 2 unspecified atom stereocenters. The number of hydrogen-bond acceptors (Lipinski definition) is 4. The molecule has 3 amide bonds. The molecule has 42 heavy (non-hydrogen) atoms. The van der Waals surface area contributed by atoms with Crippen molar-refractivity contribution < 1.29 is 19.1 Å². The summed E-state index contributed by atoms with van der Waals surface area (Å²) in [5.74, 6) is -0.552. The molecule has 7 heteroatoms. The van der Waals surface area contributed by atoms with E-state index in [0.717, 1.165) is 54.4 Å². The Labute approximate surface area is 253 Å². The third-order valence-electron chi connectivity index (χ3n) is 6.84. The monoisotopic (exact) mass is 579 g/mol. The predicted molar refractivity (Wildman–Crippen MR) is 170 cm³/mol. The lowest BCUT2D eigenvalue weighted by molar-refractivity contribution is -0.143. The Morgan fingerprint density at radius 2 is 1.52 bits per heavy atom. The summed E-state index contributed by atoms with van der Waals surface area (Å²) < 4.78 is 5.55. The van der Waals surface area contributed by atoms with Gasteiger partial charge >= 0.3 is 6.09 Å². The highest BCUT2D eigenvalue weighted by atomic mass is 16.6. The van der Waals surface area contributed by atoms with Crippen molar-refractivity contribution in [2.75, 3.05) is 6.54 Å². The number of rotatable bonds is 13. The van der Waals surface area contributed by atoms with Crippen molar-refractivity contribution in [3.63, 3.8) is 0 Å². The molecule has 2 N–H and O–H groups in total. The van der Waals surface area contributed by atoms with Crippen LogP contribution in [0.5, 0.6) is 0 Å². The van der Waals surface area contributed by atoms with Gasteiger partial charge in [-0.2, -0.15) is 0 Å². The first-order valence-electron chi connectivity index (χ1n) is 15.3. The van der Waals surface area contributed by atoms with Gasteiger partial charge in [0.2, 0.25) is 11.8 Å². The largest absolute Gasteiger partial charge is 0.444 e. The SMILES string of the molecule is CCCCCCCN(C(=O)C(Cc1ccccc1)NC(=O)OC(C)(C)C)C(C(=O)NC(C)(C)C)c1cc(C)ccc1C. The minimum Gasteiger partial charge on any atom is -0.444 e. The molecule has 0 saturated carbocycles. The predicted octanol–water partition coefficient (Wildman–Crippen LogP) is 7.19. The lowest BCUT2D eigenvalue weighted by Crippen LogP contribution is -2.55. The third kappa shape index (κ3) is 11.9. The summed E-state index contributed by atoms with van der Waals surface area (Å²) in [5, 5.41) is 5.97. The van der Waals surface area contributed by atoms with Gasteiger partial charge in [-0.05, 0) is 78.5 Å². The van der Waals surface area contributed by atoms with Crippen molar-refractivity contribution in [3.8, 4) is 0 Å². The van der Waals surface area contributed by atoms with E-state index in [0.29, 0.717) is 6.54 Å². The number of ether oxygens (including phenoxy) is 1. The quantitative estimate of drug-likeness (QED) is 0.246. The zero-order valence-electron chi connectivity index (χ0n) is 27.3. The lowest BCUT2D eigenvalue weighted by atomic mass is 9.94. The molecule has 0 bridgehead atoms. The molecule has 0 heterocycles. The zero-order chi connectivity index (χ0) is 31.5. The van der Waals surface area contributed by atoms with Gasteiger partial charge in [0.15, 0.2) is 0 Å². The summed E-state index contributed by atoms with van der Waals surface area (Å²) in [6.07, 6.45) is 4.59. The van der Waals surface area contributed by atoms with E-state index in [9.17, 15) is 14.4 Å². The maximum atomic E-state index is 14.6. The van der Waals surface area contributed by atoms with E-state index >= 15 is 0 Å². The van der Waals surface area contributed by atoms with Gasteiger partial charge in [0.1, 0.15) is 17.7 Å². The minimum absolute atomic E-state index is 0.242. The molecular formula is C35H53N3O4. The van der Waals surface area contributed by atoms with E-state index in [4.69, 9.17) is 4.74 Å². The van der Waals surface area contributed by atoms with Crippen molar-refractivity contribution >= 4 is 17.9 Å². The average Bonchev–Trinajstić information content (AvgIpc) is 2.87. The maximum absolute atomic E-state index is 14.6. The number of carbonyl (C=O) groups excluding carboxylic acids is 3. The smallest absolute Gasteiger partial charge is 0.408 e. The summed E-state index contributed by atoms with van der Waals surface area (Å²) in [4.78, 5) is 43.4. The van der Waals surface area contributed by atoms with Crippen LogP contribution >= 0.6 is 0 Å². The van der Waals surface area contributed by atoms with Gasteiger partial charge in [0.25, 0.3) is 0 Å². The third-order valence-corrected chi connectivity index (χ3v) is 6.84. The number of unbranched alkanes of at least 4 members (excludes halogenated alkanes) is 4. The topological polar surface area (TPSA) is 87.7 Å².